The monoisotopic (exact) mass is 464 g/mol. The van der Waals surface area contributed by atoms with Crippen LogP contribution in [0.1, 0.15) is 26.7 Å². The third kappa shape index (κ3) is 6.15. The number of rotatable bonds is 10. The summed E-state index contributed by atoms with van der Waals surface area (Å²) >= 11 is 1.40. The average Bonchev–Trinajstić information content (AvgIpc) is 3.31. The fourth-order valence-electron chi connectivity index (χ4n) is 3.27. The summed E-state index contributed by atoms with van der Waals surface area (Å²) < 4.78 is 38.6. The van der Waals surface area contributed by atoms with E-state index in [0.29, 0.717) is 37.7 Å². The second-order valence-electron chi connectivity index (χ2n) is 6.95. The molecule has 7 nitrogen and oxygen atoms in total. The van der Waals surface area contributed by atoms with Crippen molar-refractivity contribution >= 4 is 33.4 Å². The molecule has 0 bridgehead atoms. The lowest BCUT2D eigenvalue weighted by atomic mass is 10.3. The predicted octanol–water partition coefficient (Wildman–Crippen LogP) is 4.00. The first kappa shape index (κ1) is 23.4. The van der Waals surface area contributed by atoms with E-state index in [-0.39, 0.29) is 16.6 Å². The molecule has 0 saturated carbocycles. The molecule has 1 N–H and O–H groups in total. The van der Waals surface area contributed by atoms with Crippen LogP contribution >= 0.6 is 11.8 Å². The first-order valence-electron chi connectivity index (χ1n) is 10.4. The molecule has 0 atom stereocenters. The number of benzene rings is 2. The SMILES string of the molecule is CCOc1ccc(SCC(=O)Nc2ccc(OCC)c(S(=O)(=O)N3CCCC3)c2)cc1. The molecular weight excluding hydrogens is 436 g/mol. The van der Waals surface area contributed by atoms with Crippen LogP contribution in [0.5, 0.6) is 11.5 Å². The molecule has 1 aliphatic heterocycles. The van der Waals surface area contributed by atoms with Crippen molar-refractivity contribution in [3.63, 3.8) is 0 Å². The van der Waals surface area contributed by atoms with Crippen LogP contribution in [0.15, 0.2) is 52.3 Å². The second kappa shape index (κ2) is 10.9. The Bertz CT molecular complexity index is 987. The molecule has 2 aromatic carbocycles. The topological polar surface area (TPSA) is 84.9 Å². The second-order valence-corrected chi connectivity index (χ2v) is 9.90. The van der Waals surface area contributed by atoms with Gasteiger partial charge in [0.1, 0.15) is 16.4 Å². The Morgan fingerprint density at radius 3 is 2.35 bits per heavy atom. The number of ether oxygens (including phenoxy) is 2. The third-order valence-corrected chi connectivity index (χ3v) is 7.65. The minimum atomic E-state index is -3.67. The third-order valence-electron chi connectivity index (χ3n) is 4.71. The number of carbonyl (C=O) groups is 1. The Hall–Kier alpha value is -2.23. The highest BCUT2D eigenvalue weighted by Crippen LogP contribution is 2.32. The van der Waals surface area contributed by atoms with Gasteiger partial charge in [-0.15, -0.1) is 11.8 Å². The number of carbonyl (C=O) groups excluding carboxylic acids is 1. The van der Waals surface area contributed by atoms with Crippen LogP contribution in [0.2, 0.25) is 0 Å². The van der Waals surface area contributed by atoms with E-state index in [1.54, 1.807) is 19.1 Å². The summed E-state index contributed by atoms with van der Waals surface area (Å²) in [7, 11) is -3.67. The quantitative estimate of drug-likeness (QED) is 0.535. The van der Waals surface area contributed by atoms with Gasteiger partial charge < -0.3 is 14.8 Å². The zero-order valence-corrected chi connectivity index (χ0v) is 19.4. The molecule has 9 heteroatoms. The number of sulfonamides is 1. The van der Waals surface area contributed by atoms with Gasteiger partial charge in [-0.05, 0) is 69.2 Å². The number of thioether (sulfide) groups is 1. The largest absolute Gasteiger partial charge is 0.494 e. The van der Waals surface area contributed by atoms with Crippen molar-refractivity contribution in [1.82, 2.24) is 4.31 Å². The molecule has 1 aliphatic rings. The Morgan fingerprint density at radius 1 is 1.03 bits per heavy atom. The molecule has 0 unspecified atom stereocenters. The number of nitrogens with one attached hydrogen (secondary N) is 1. The Labute approximate surface area is 188 Å². The number of anilines is 1. The van der Waals surface area contributed by atoms with E-state index in [0.717, 1.165) is 23.5 Å². The molecule has 1 fully saturated rings. The van der Waals surface area contributed by atoms with E-state index in [9.17, 15) is 13.2 Å². The predicted molar refractivity (Wildman–Crippen MR) is 123 cm³/mol. The molecule has 1 heterocycles. The number of nitrogens with zero attached hydrogens (tertiary/aromatic N) is 1. The van der Waals surface area contributed by atoms with Crippen molar-refractivity contribution < 1.29 is 22.7 Å². The van der Waals surface area contributed by atoms with E-state index >= 15 is 0 Å². The first-order valence-corrected chi connectivity index (χ1v) is 12.8. The number of hydrogen-bond donors (Lipinski definition) is 1. The van der Waals surface area contributed by atoms with Crippen molar-refractivity contribution in [1.29, 1.82) is 0 Å². The Morgan fingerprint density at radius 2 is 1.71 bits per heavy atom. The minimum absolute atomic E-state index is 0.0909. The van der Waals surface area contributed by atoms with Crippen molar-refractivity contribution in [3.05, 3.63) is 42.5 Å². The molecule has 0 aliphatic carbocycles. The van der Waals surface area contributed by atoms with E-state index in [4.69, 9.17) is 9.47 Å². The van der Waals surface area contributed by atoms with Crippen molar-refractivity contribution in [2.45, 2.75) is 36.5 Å². The fourth-order valence-corrected chi connectivity index (χ4v) is 5.65. The molecule has 3 rings (SSSR count). The molecule has 31 heavy (non-hydrogen) atoms. The van der Waals surface area contributed by atoms with Gasteiger partial charge in [-0.1, -0.05) is 0 Å². The van der Waals surface area contributed by atoms with Crippen LogP contribution in [0.3, 0.4) is 0 Å². The smallest absolute Gasteiger partial charge is 0.246 e. The summed E-state index contributed by atoms with van der Waals surface area (Å²) in [5, 5.41) is 2.79. The lowest BCUT2D eigenvalue weighted by molar-refractivity contribution is -0.113. The van der Waals surface area contributed by atoms with Gasteiger partial charge in [0.2, 0.25) is 15.9 Å². The van der Waals surface area contributed by atoms with Gasteiger partial charge in [0.05, 0.1) is 19.0 Å². The molecule has 0 aromatic heterocycles. The summed E-state index contributed by atoms with van der Waals surface area (Å²) in [6, 6.07) is 12.3. The van der Waals surface area contributed by atoms with Crippen LogP contribution < -0.4 is 14.8 Å². The Balaban J connectivity index is 1.68. The molecule has 1 saturated heterocycles. The van der Waals surface area contributed by atoms with Gasteiger partial charge in [0.15, 0.2) is 0 Å². The van der Waals surface area contributed by atoms with Gasteiger partial charge in [0, 0.05) is 23.7 Å². The van der Waals surface area contributed by atoms with Crippen LogP contribution in [0.4, 0.5) is 5.69 Å². The molecule has 168 valence electrons. The highest BCUT2D eigenvalue weighted by atomic mass is 32.2. The van der Waals surface area contributed by atoms with Crippen molar-refractivity contribution in [2.75, 3.05) is 37.4 Å². The first-order chi connectivity index (χ1) is 14.9. The van der Waals surface area contributed by atoms with E-state index in [1.165, 1.54) is 22.1 Å². The zero-order chi connectivity index (χ0) is 22.3. The van der Waals surface area contributed by atoms with Crippen LogP contribution in [-0.2, 0) is 14.8 Å². The van der Waals surface area contributed by atoms with E-state index in [1.807, 2.05) is 31.2 Å². The number of amides is 1. The molecular formula is C22H28N2O5S2. The zero-order valence-electron chi connectivity index (χ0n) is 17.8. The highest BCUT2D eigenvalue weighted by molar-refractivity contribution is 8.00. The van der Waals surface area contributed by atoms with Crippen molar-refractivity contribution in [3.8, 4) is 11.5 Å². The molecule has 1 amide bonds. The summed E-state index contributed by atoms with van der Waals surface area (Å²) in [4.78, 5) is 13.5. The van der Waals surface area contributed by atoms with Gasteiger partial charge in [0.25, 0.3) is 0 Å². The summed E-state index contributed by atoms with van der Waals surface area (Å²) in [5.74, 6) is 1.08. The average molecular weight is 465 g/mol. The summed E-state index contributed by atoms with van der Waals surface area (Å²) in [5.41, 5.74) is 0.429. The van der Waals surface area contributed by atoms with Crippen LogP contribution in [0, 0.1) is 0 Å². The van der Waals surface area contributed by atoms with Gasteiger partial charge in [-0.25, -0.2) is 8.42 Å². The van der Waals surface area contributed by atoms with Crippen LogP contribution in [0.25, 0.3) is 0 Å². The maximum Gasteiger partial charge on any atom is 0.246 e. The lowest BCUT2D eigenvalue weighted by Gasteiger charge is -2.19. The minimum Gasteiger partial charge on any atom is -0.494 e. The lowest BCUT2D eigenvalue weighted by Crippen LogP contribution is -2.28. The van der Waals surface area contributed by atoms with Gasteiger partial charge in [-0.3, -0.25) is 4.79 Å². The van der Waals surface area contributed by atoms with Gasteiger partial charge >= 0.3 is 0 Å². The molecule has 0 spiro atoms. The maximum atomic E-state index is 13.1. The van der Waals surface area contributed by atoms with E-state index < -0.39 is 10.0 Å². The molecule has 0 radical (unpaired) electrons. The van der Waals surface area contributed by atoms with Gasteiger partial charge in [-0.2, -0.15) is 4.31 Å². The number of hydrogen-bond acceptors (Lipinski definition) is 6. The molecule has 2 aromatic rings. The maximum absolute atomic E-state index is 13.1. The van der Waals surface area contributed by atoms with Crippen LogP contribution in [-0.4, -0.2) is 50.7 Å². The van der Waals surface area contributed by atoms with E-state index in [2.05, 4.69) is 5.32 Å². The Kier molecular flexibility index (Phi) is 8.22. The summed E-state index contributed by atoms with van der Waals surface area (Å²) in [6.07, 6.45) is 1.70. The fraction of sp³-hybridized carbons (Fsp3) is 0.409. The highest BCUT2D eigenvalue weighted by Gasteiger charge is 2.30. The standard InChI is InChI=1S/C22H28N2O5S2/c1-3-28-18-8-10-19(11-9-18)30-16-22(25)23-17-7-12-20(29-4-2)21(15-17)31(26,27)24-13-5-6-14-24/h7-12,15H,3-6,13-14,16H2,1-2H3,(H,23,25). The summed E-state index contributed by atoms with van der Waals surface area (Å²) in [6.45, 7) is 5.70. The normalized spacial score (nSPS) is 14.4. The van der Waals surface area contributed by atoms with Crippen molar-refractivity contribution in [2.24, 2.45) is 0 Å².